The maximum absolute atomic E-state index is 8.80. The van der Waals surface area contributed by atoms with Crippen LogP contribution in [-0.4, -0.2) is 11.7 Å². The molecule has 0 spiro atoms. The number of unbranched alkanes of at least 4 members (excludes halogenated alkanes) is 24. The Bertz CT molecular complexity index is 352. The molecular formula is C34H70O. The molecule has 0 aliphatic rings. The number of hydrogen-bond acceptors (Lipinski definition) is 1. The number of aliphatic hydroxyl groups excluding tert-OH is 1. The Balaban J connectivity index is 3.58. The van der Waals surface area contributed by atoms with Crippen LogP contribution >= 0.6 is 0 Å². The van der Waals surface area contributed by atoms with Gasteiger partial charge >= 0.3 is 0 Å². The van der Waals surface area contributed by atoms with Crippen LogP contribution in [0, 0.1) is 5.92 Å². The Hall–Kier alpha value is -0.0400. The average molecular weight is 495 g/mol. The van der Waals surface area contributed by atoms with E-state index in [2.05, 4.69) is 13.8 Å². The van der Waals surface area contributed by atoms with Crippen molar-refractivity contribution < 1.29 is 5.11 Å². The van der Waals surface area contributed by atoms with Gasteiger partial charge in [0.15, 0.2) is 0 Å². The Morgan fingerprint density at radius 3 is 0.829 bits per heavy atom. The van der Waals surface area contributed by atoms with E-state index in [0.717, 1.165) is 12.3 Å². The van der Waals surface area contributed by atoms with Crippen LogP contribution in [0.2, 0.25) is 0 Å². The second kappa shape index (κ2) is 32.0. The summed E-state index contributed by atoms with van der Waals surface area (Å²) in [6.45, 7) is 5.02. The second-order valence-corrected chi connectivity index (χ2v) is 11.8. The van der Waals surface area contributed by atoms with E-state index in [1.54, 1.807) is 0 Å². The predicted molar refractivity (Wildman–Crippen MR) is 160 cm³/mol. The van der Waals surface area contributed by atoms with Gasteiger partial charge in [0.05, 0.1) is 0 Å². The first-order chi connectivity index (χ1) is 17.3. The topological polar surface area (TPSA) is 20.2 Å². The Morgan fingerprint density at radius 2 is 0.543 bits per heavy atom. The molecule has 0 rings (SSSR count). The normalized spacial score (nSPS) is 12.4. The first-order valence-corrected chi connectivity index (χ1v) is 17.0. The fourth-order valence-electron chi connectivity index (χ4n) is 5.70. The minimum Gasteiger partial charge on any atom is -0.396 e. The molecule has 1 nitrogen and oxygen atoms in total. The van der Waals surface area contributed by atoms with Crippen molar-refractivity contribution in [3.63, 3.8) is 0 Å². The Morgan fingerprint density at radius 1 is 0.314 bits per heavy atom. The van der Waals surface area contributed by atoms with E-state index in [0.29, 0.717) is 6.61 Å². The van der Waals surface area contributed by atoms with Crippen molar-refractivity contribution in [2.45, 2.75) is 206 Å². The van der Waals surface area contributed by atoms with Gasteiger partial charge in [-0.3, -0.25) is 0 Å². The Kier molecular flexibility index (Phi) is 32.0. The molecule has 0 fully saturated rings. The van der Waals surface area contributed by atoms with E-state index in [1.165, 1.54) is 186 Å². The van der Waals surface area contributed by atoms with Crippen molar-refractivity contribution in [3.8, 4) is 0 Å². The maximum Gasteiger partial charge on any atom is 0.0431 e. The molecule has 0 aromatic heterocycles. The summed E-state index contributed by atoms with van der Waals surface area (Å²) < 4.78 is 0. The highest BCUT2D eigenvalue weighted by Gasteiger charge is 2.08. The smallest absolute Gasteiger partial charge is 0.0431 e. The summed E-state index contributed by atoms with van der Waals surface area (Å²) in [5.74, 6) is 1.03. The van der Waals surface area contributed by atoms with E-state index in [9.17, 15) is 0 Å². The molecule has 0 aromatic rings. The van der Waals surface area contributed by atoms with Gasteiger partial charge in [-0.2, -0.15) is 0 Å². The lowest BCUT2D eigenvalue weighted by Crippen LogP contribution is -2.01. The first kappa shape index (κ1) is 35.0. The fraction of sp³-hybridized carbons (Fsp3) is 1.00. The highest BCUT2D eigenvalue weighted by Crippen LogP contribution is 2.25. The molecule has 0 heterocycles. The second-order valence-electron chi connectivity index (χ2n) is 11.8. The van der Waals surface area contributed by atoms with Crippen LogP contribution in [0.4, 0.5) is 0 Å². The van der Waals surface area contributed by atoms with Crippen LogP contribution in [0.5, 0.6) is 0 Å². The third kappa shape index (κ3) is 30.1. The predicted octanol–water partition coefficient (Wildman–Crippen LogP) is 12.3. The molecule has 1 unspecified atom stereocenters. The van der Waals surface area contributed by atoms with E-state index >= 15 is 0 Å². The van der Waals surface area contributed by atoms with Gasteiger partial charge in [0.2, 0.25) is 0 Å². The minimum atomic E-state index is 0.374. The van der Waals surface area contributed by atoms with Gasteiger partial charge in [-0.25, -0.2) is 0 Å². The molecule has 1 heteroatoms. The zero-order valence-electron chi connectivity index (χ0n) is 24.9. The number of rotatable bonds is 31. The zero-order valence-corrected chi connectivity index (χ0v) is 24.9. The molecule has 0 saturated carbocycles. The molecule has 0 bridgehead atoms. The summed E-state index contributed by atoms with van der Waals surface area (Å²) in [5, 5.41) is 8.80. The summed E-state index contributed by atoms with van der Waals surface area (Å²) >= 11 is 0. The van der Waals surface area contributed by atoms with Gasteiger partial charge in [0.1, 0.15) is 0 Å². The van der Waals surface area contributed by atoms with Gasteiger partial charge in [-0.05, 0) is 12.3 Å². The first-order valence-electron chi connectivity index (χ1n) is 17.0. The lowest BCUT2D eigenvalue weighted by atomic mass is 9.89. The summed E-state index contributed by atoms with van der Waals surface area (Å²) in [5.41, 5.74) is 0. The molecule has 212 valence electrons. The van der Waals surface area contributed by atoms with Crippen molar-refractivity contribution in [2.75, 3.05) is 6.61 Å². The van der Waals surface area contributed by atoms with E-state index in [4.69, 9.17) is 5.11 Å². The lowest BCUT2D eigenvalue weighted by Gasteiger charge is -2.17. The van der Waals surface area contributed by atoms with Crippen LogP contribution < -0.4 is 0 Å². The molecule has 0 aliphatic heterocycles. The van der Waals surface area contributed by atoms with E-state index in [1.807, 2.05) is 0 Å². The summed E-state index contributed by atoms with van der Waals surface area (Å²) in [6, 6.07) is 0. The third-order valence-electron chi connectivity index (χ3n) is 8.20. The molecule has 0 amide bonds. The molecule has 35 heavy (non-hydrogen) atoms. The van der Waals surface area contributed by atoms with Crippen LogP contribution in [0.25, 0.3) is 0 Å². The van der Waals surface area contributed by atoms with Crippen molar-refractivity contribution in [3.05, 3.63) is 0 Å². The molecule has 0 radical (unpaired) electrons. The van der Waals surface area contributed by atoms with E-state index in [-0.39, 0.29) is 0 Å². The molecular weight excluding hydrogens is 424 g/mol. The molecule has 0 aromatic carbocycles. The van der Waals surface area contributed by atoms with Crippen LogP contribution in [-0.2, 0) is 0 Å². The number of aliphatic hydroxyl groups is 1. The maximum atomic E-state index is 8.80. The van der Waals surface area contributed by atoms with Gasteiger partial charge < -0.3 is 5.11 Å². The zero-order chi connectivity index (χ0) is 25.5. The quantitative estimate of drug-likeness (QED) is 0.0950. The van der Waals surface area contributed by atoms with Crippen LogP contribution in [0.15, 0.2) is 0 Å². The van der Waals surface area contributed by atoms with E-state index < -0.39 is 0 Å². The Labute approximate surface area is 224 Å². The largest absolute Gasteiger partial charge is 0.396 e. The standard InChI is InChI=1S/C34H70O/c1-3-5-7-9-10-20-23-27-31-34(30-26-8-6-4-2)32-28-24-21-18-16-14-12-11-13-15-17-19-22-25-29-33-35/h34-35H,3-33H2,1-2H3. The van der Waals surface area contributed by atoms with Gasteiger partial charge in [0.25, 0.3) is 0 Å². The average Bonchev–Trinajstić information content (AvgIpc) is 2.87. The minimum absolute atomic E-state index is 0.374. The van der Waals surface area contributed by atoms with Gasteiger partial charge in [0, 0.05) is 6.61 Å². The highest BCUT2D eigenvalue weighted by molar-refractivity contribution is 4.62. The van der Waals surface area contributed by atoms with Crippen molar-refractivity contribution in [1.82, 2.24) is 0 Å². The SMILES string of the molecule is CCCCCCCCCCC(CCCCCC)CCCCCCCCCCCCCCCCCO. The van der Waals surface area contributed by atoms with Crippen LogP contribution in [0.1, 0.15) is 206 Å². The molecule has 1 N–H and O–H groups in total. The molecule has 0 aliphatic carbocycles. The third-order valence-corrected chi connectivity index (χ3v) is 8.20. The molecule has 0 saturated heterocycles. The summed E-state index contributed by atoms with van der Waals surface area (Å²) in [4.78, 5) is 0. The van der Waals surface area contributed by atoms with Crippen LogP contribution in [0.3, 0.4) is 0 Å². The lowest BCUT2D eigenvalue weighted by molar-refractivity contribution is 0.282. The number of hydrogen-bond donors (Lipinski definition) is 1. The summed E-state index contributed by atoms with van der Waals surface area (Å²) in [7, 11) is 0. The fourth-order valence-corrected chi connectivity index (χ4v) is 5.70. The highest BCUT2D eigenvalue weighted by atomic mass is 16.2. The van der Waals surface area contributed by atoms with Crippen molar-refractivity contribution in [2.24, 2.45) is 5.92 Å². The monoisotopic (exact) mass is 495 g/mol. The van der Waals surface area contributed by atoms with Gasteiger partial charge in [-0.15, -0.1) is 0 Å². The molecule has 1 atom stereocenters. The van der Waals surface area contributed by atoms with Crippen molar-refractivity contribution >= 4 is 0 Å². The summed E-state index contributed by atoms with van der Waals surface area (Å²) in [6.07, 6.45) is 43.0. The van der Waals surface area contributed by atoms with Gasteiger partial charge in [-0.1, -0.05) is 200 Å². The van der Waals surface area contributed by atoms with Crippen molar-refractivity contribution in [1.29, 1.82) is 0 Å².